The van der Waals surface area contributed by atoms with Gasteiger partial charge in [0, 0.05) is 19.3 Å². The summed E-state index contributed by atoms with van der Waals surface area (Å²) >= 11 is 0. The van der Waals surface area contributed by atoms with Gasteiger partial charge >= 0.3 is 17.9 Å². The molecule has 0 fully saturated rings. The molecule has 62 heavy (non-hydrogen) atoms. The minimum atomic E-state index is -0.762. The van der Waals surface area contributed by atoms with E-state index in [4.69, 9.17) is 14.2 Å². The minimum Gasteiger partial charge on any atom is -0.462 e. The highest BCUT2D eigenvalue weighted by molar-refractivity contribution is 5.71. The summed E-state index contributed by atoms with van der Waals surface area (Å²) in [6.07, 6.45) is 50.9. The Hall–Kier alpha value is -1.59. The van der Waals surface area contributed by atoms with Gasteiger partial charge in [-0.05, 0) is 31.1 Å². The highest BCUT2D eigenvalue weighted by Gasteiger charge is 2.19. The number of esters is 3. The van der Waals surface area contributed by atoms with E-state index in [1.165, 1.54) is 199 Å². The van der Waals surface area contributed by atoms with Gasteiger partial charge in [0.2, 0.25) is 0 Å². The molecule has 1 atom stereocenters. The second-order valence-electron chi connectivity index (χ2n) is 20.2. The van der Waals surface area contributed by atoms with E-state index in [1.807, 2.05) is 0 Å². The van der Waals surface area contributed by atoms with Gasteiger partial charge in [0.05, 0.1) is 0 Å². The summed E-state index contributed by atoms with van der Waals surface area (Å²) in [6.45, 7) is 11.4. The molecular weight excluding hydrogens is 769 g/mol. The van der Waals surface area contributed by atoms with Crippen LogP contribution in [-0.2, 0) is 28.6 Å². The molecular formula is C56H108O6. The Morgan fingerprint density at radius 3 is 0.790 bits per heavy atom. The van der Waals surface area contributed by atoms with E-state index in [9.17, 15) is 14.4 Å². The van der Waals surface area contributed by atoms with Crippen LogP contribution in [0.5, 0.6) is 0 Å². The summed E-state index contributed by atoms with van der Waals surface area (Å²) in [5, 5.41) is 0. The van der Waals surface area contributed by atoms with Crippen LogP contribution in [0.4, 0.5) is 0 Å². The van der Waals surface area contributed by atoms with Crippen LogP contribution < -0.4 is 0 Å². The summed E-state index contributed by atoms with van der Waals surface area (Å²) in [7, 11) is 0. The van der Waals surface area contributed by atoms with Crippen LogP contribution in [0, 0.1) is 11.8 Å². The molecule has 0 radical (unpaired) electrons. The van der Waals surface area contributed by atoms with Gasteiger partial charge in [0.25, 0.3) is 0 Å². The van der Waals surface area contributed by atoms with E-state index in [-0.39, 0.29) is 31.1 Å². The van der Waals surface area contributed by atoms with E-state index < -0.39 is 6.10 Å². The van der Waals surface area contributed by atoms with Crippen molar-refractivity contribution in [1.82, 2.24) is 0 Å². The fourth-order valence-corrected chi connectivity index (χ4v) is 8.52. The normalized spacial score (nSPS) is 12.0. The molecule has 0 spiro atoms. The van der Waals surface area contributed by atoms with Crippen LogP contribution in [0.2, 0.25) is 0 Å². The average molecular weight is 877 g/mol. The largest absolute Gasteiger partial charge is 0.462 e. The predicted octanol–water partition coefficient (Wildman–Crippen LogP) is 18.1. The first-order chi connectivity index (χ1) is 30.2. The zero-order valence-electron chi connectivity index (χ0n) is 42.5. The van der Waals surface area contributed by atoms with E-state index >= 15 is 0 Å². The monoisotopic (exact) mass is 877 g/mol. The SMILES string of the molecule is CCCCCCCCCCCCCCCCCCCCC(=O)O[C@H](COC(=O)CCCCCCCCCCCCCC(C)C)COC(=O)CCCCCCCCCCCC(C)C. The molecule has 0 aliphatic carbocycles. The smallest absolute Gasteiger partial charge is 0.306 e. The third-order valence-electron chi connectivity index (χ3n) is 12.7. The molecule has 0 heterocycles. The molecule has 368 valence electrons. The van der Waals surface area contributed by atoms with Crippen LogP contribution in [0.25, 0.3) is 0 Å². The molecule has 0 N–H and O–H groups in total. The molecule has 0 aromatic heterocycles. The fraction of sp³-hybridized carbons (Fsp3) is 0.946. The Morgan fingerprint density at radius 2 is 0.532 bits per heavy atom. The summed E-state index contributed by atoms with van der Waals surface area (Å²) in [5.41, 5.74) is 0. The zero-order valence-corrected chi connectivity index (χ0v) is 42.5. The molecule has 0 saturated heterocycles. The first kappa shape index (κ1) is 60.4. The predicted molar refractivity (Wildman–Crippen MR) is 266 cm³/mol. The van der Waals surface area contributed by atoms with Crippen molar-refractivity contribution in [3.05, 3.63) is 0 Å². The molecule has 0 bridgehead atoms. The lowest BCUT2D eigenvalue weighted by Crippen LogP contribution is -2.30. The third kappa shape index (κ3) is 49.4. The summed E-state index contributed by atoms with van der Waals surface area (Å²) < 4.78 is 16.9. The highest BCUT2D eigenvalue weighted by atomic mass is 16.6. The van der Waals surface area contributed by atoms with Gasteiger partial charge in [0.1, 0.15) is 13.2 Å². The second kappa shape index (κ2) is 48.9. The van der Waals surface area contributed by atoms with Gasteiger partial charge in [-0.15, -0.1) is 0 Å². The van der Waals surface area contributed by atoms with Crippen LogP contribution in [0.3, 0.4) is 0 Å². The number of rotatable bonds is 50. The van der Waals surface area contributed by atoms with Crippen molar-refractivity contribution in [1.29, 1.82) is 0 Å². The molecule has 0 unspecified atom stereocenters. The van der Waals surface area contributed by atoms with Crippen LogP contribution in [0.1, 0.15) is 311 Å². The zero-order chi connectivity index (χ0) is 45.4. The molecule has 6 nitrogen and oxygen atoms in total. The number of ether oxygens (including phenoxy) is 3. The van der Waals surface area contributed by atoms with Crippen molar-refractivity contribution in [2.24, 2.45) is 11.8 Å². The molecule has 0 aromatic carbocycles. The average Bonchev–Trinajstić information content (AvgIpc) is 3.24. The summed E-state index contributed by atoms with van der Waals surface area (Å²) in [4.78, 5) is 38.0. The van der Waals surface area contributed by atoms with E-state index in [0.29, 0.717) is 19.3 Å². The highest BCUT2D eigenvalue weighted by Crippen LogP contribution is 2.18. The molecule has 0 aromatic rings. The van der Waals surface area contributed by atoms with Crippen molar-refractivity contribution in [3.63, 3.8) is 0 Å². The van der Waals surface area contributed by atoms with E-state index in [0.717, 1.165) is 69.6 Å². The lowest BCUT2D eigenvalue weighted by atomic mass is 10.0. The van der Waals surface area contributed by atoms with Gasteiger partial charge in [-0.2, -0.15) is 0 Å². The first-order valence-electron chi connectivity index (χ1n) is 27.7. The maximum Gasteiger partial charge on any atom is 0.306 e. The van der Waals surface area contributed by atoms with Gasteiger partial charge < -0.3 is 14.2 Å². The third-order valence-corrected chi connectivity index (χ3v) is 12.7. The Morgan fingerprint density at radius 1 is 0.306 bits per heavy atom. The topological polar surface area (TPSA) is 78.9 Å². The first-order valence-corrected chi connectivity index (χ1v) is 27.7. The maximum atomic E-state index is 12.8. The summed E-state index contributed by atoms with van der Waals surface area (Å²) in [5.74, 6) is 0.791. The summed E-state index contributed by atoms with van der Waals surface area (Å²) in [6, 6.07) is 0. The number of carbonyl (C=O) groups excluding carboxylic acids is 3. The van der Waals surface area contributed by atoms with Crippen LogP contribution in [0.15, 0.2) is 0 Å². The quantitative estimate of drug-likeness (QED) is 0.0344. The molecule has 6 heteroatoms. The molecule has 0 saturated carbocycles. The second-order valence-corrected chi connectivity index (χ2v) is 20.2. The lowest BCUT2D eigenvalue weighted by molar-refractivity contribution is -0.167. The fourth-order valence-electron chi connectivity index (χ4n) is 8.52. The number of hydrogen-bond donors (Lipinski definition) is 0. The van der Waals surface area contributed by atoms with Crippen molar-refractivity contribution in [3.8, 4) is 0 Å². The van der Waals surface area contributed by atoms with Crippen molar-refractivity contribution < 1.29 is 28.6 Å². The Balaban J connectivity index is 4.29. The van der Waals surface area contributed by atoms with Gasteiger partial charge in [0.15, 0.2) is 6.10 Å². The minimum absolute atomic E-state index is 0.0636. The Kier molecular flexibility index (Phi) is 47.6. The maximum absolute atomic E-state index is 12.8. The van der Waals surface area contributed by atoms with Gasteiger partial charge in [-0.1, -0.05) is 272 Å². The molecule has 0 rings (SSSR count). The van der Waals surface area contributed by atoms with E-state index in [2.05, 4.69) is 34.6 Å². The van der Waals surface area contributed by atoms with Crippen molar-refractivity contribution >= 4 is 17.9 Å². The van der Waals surface area contributed by atoms with Crippen molar-refractivity contribution in [2.45, 2.75) is 317 Å². The standard InChI is InChI=1S/C56H108O6/c1-6-7-8-9-10-11-12-13-14-15-16-17-18-21-27-33-38-43-48-56(59)62-53(50-61-55(58)47-42-37-32-28-23-25-30-35-40-45-52(4)5)49-60-54(57)46-41-36-31-26-22-19-20-24-29-34-39-44-51(2)3/h51-53H,6-50H2,1-5H3/t53-/m1/s1. The molecule has 0 aliphatic heterocycles. The van der Waals surface area contributed by atoms with Crippen LogP contribution in [-0.4, -0.2) is 37.2 Å². The van der Waals surface area contributed by atoms with Gasteiger partial charge in [-0.3, -0.25) is 14.4 Å². The van der Waals surface area contributed by atoms with Crippen molar-refractivity contribution in [2.75, 3.05) is 13.2 Å². The number of carbonyl (C=O) groups is 3. The lowest BCUT2D eigenvalue weighted by Gasteiger charge is -2.18. The Bertz CT molecular complexity index is 947. The Labute approximate surface area is 387 Å². The molecule has 0 aliphatic rings. The number of unbranched alkanes of at least 4 members (excludes halogenated alkanes) is 35. The van der Waals surface area contributed by atoms with Crippen LogP contribution >= 0.6 is 0 Å². The van der Waals surface area contributed by atoms with E-state index in [1.54, 1.807) is 0 Å². The van der Waals surface area contributed by atoms with Gasteiger partial charge in [-0.25, -0.2) is 0 Å². The number of hydrogen-bond acceptors (Lipinski definition) is 6. The molecule has 0 amide bonds.